The third-order valence-electron chi connectivity index (χ3n) is 4.08. The minimum atomic E-state index is -0.0772. The van der Waals surface area contributed by atoms with Gasteiger partial charge in [0.25, 0.3) is 0 Å². The molecule has 23 heavy (non-hydrogen) atoms. The molecule has 0 unspecified atom stereocenters. The van der Waals surface area contributed by atoms with Crippen molar-refractivity contribution in [1.82, 2.24) is 9.88 Å². The topological polar surface area (TPSA) is 54.5 Å². The molecule has 5 nitrogen and oxygen atoms in total. The molecule has 1 aliphatic rings. The first-order chi connectivity index (χ1) is 11.1. The van der Waals surface area contributed by atoms with Gasteiger partial charge in [-0.25, -0.2) is 4.98 Å². The van der Waals surface area contributed by atoms with Gasteiger partial charge in [0, 0.05) is 25.4 Å². The molecular weight excluding hydrogens is 310 g/mol. The number of anilines is 1. The van der Waals surface area contributed by atoms with Crippen LogP contribution in [0.3, 0.4) is 0 Å². The second-order valence-electron chi connectivity index (χ2n) is 5.82. The van der Waals surface area contributed by atoms with E-state index < -0.39 is 0 Å². The number of benzene rings is 1. The first kappa shape index (κ1) is 16.0. The molecule has 1 amide bonds. The Morgan fingerprint density at radius 2 is 2.22 bits per heavy atom. The summed E-state index contributed by atoms with van der Waals surface area (Å²) in [5.41, 5.74) is 2.39. The molecule has 122 valence electrons. The molecule has 2 heterocycles. The Morgan fingerprint density at radius 3 is 2.91 bits per heavy atom. The molecular formula is C17H21N3O2S. The molecule has 1 atom stereocenters. The number of aromatic nitrogens is 1. The minimum Gasteiger partial charge on any atom is -0.497 e. The van der Waals surface area contributed by atoms with Gasteiger partial charge in [-0.05, 0) is 36.6 Å². The Bertz CT molecular complexity index is 669. The van der Waals surface area contributed by atoms with E-state index in [1.807, 2.05) is 17.5 Å². The van der Waals surface area contributed by atoms with Crippen LogP contribution in [0.2, 0.25) is 0 Å². The highest BCUT2D eigenvalue weighted by Crippen LogP contribution is 2.29. The lowest BCUT2D eigenvalue weighted by molar-refractivity contribution is -0.114. The number of amides is 1. The van der Waals surface area contributed by atoms with Gasteiger partial charge in [-0.15, -0.1) is 11.3 Å². The highest BCUT2D eigenvalue weighted by atomic mass is 32.1. The van der Waals surface area contributed by atoms with E-state index >= 15 is 0 Å². The number of rotatable bonds is 5. The first-order valence-electron chi connectivity index (χ1n) is 7.72. The summed E-state index contributed by atoms with van der Waals surface area (Å²) in [7, 11) is 1.69. The summed E-state index contributed by atoms with van der Waals surface area (Å²) in [5, 5.41) is 5.43. The van der Waals surface area contributed by atoms with Gasteiger partial charge in [0.05, 0.1) is 12.8 Å². The van der Waals surface area contributed by atoms with Crippen molar-refractivity contribution < 1.29 is 9.53 Å². The molecule has 0 spiro atoms. The lowest BCUT2D eigenvalue weighted by atomic mass is 9.98. The third-order valence-corrected chi connectivity index (χ3v) is 4.89. The van der Waals surface area contributed by atoms with Gasteiger partial charge in [-0.2, -0.15) is 0 Å². The number of carbonyl (C=O) groups excluding carboxylic acids is 1. The van der Waals surface area contributed by atoms with Gasteiger partial charge in [-0.3, -0.25) is 9.69 Å². The van der Waals surface area contributed by atoms with Crippen molar-refractivity contribution in [1.29, 1.82) is 0 Å². The van der Waals surface area contributed by atoms with Crippen LogP contribution in [0.15, 0.2) is 29.6 Å². The fourth-order valence-corrected chi connectivity index (χ4v) is 3.69. The van der Waals surface area contributed by atoms with Crippen LogP contribution in [-0.2, 0) is 11.3 Å². The minimum absolute atomic E-state index is 0.0772. The zero-order valence-corrected chi connectivity index (χ0v) is 14.2. The van der Waals surface area contributed by atoms with E-state index in [4.69, 9.17) is 4.74 Å². The van der Waals surface area contributed by atoms with Gasteiger partial charge in [-0.1, -0.05) is 12.1 Å². The molecule has 1 aromatic heterocycles. The second kappa shape index (κ2) is 7.10. The number of nitrogens with zero attached hydrogens (tertiary/aromatic N) is 2. The summed E-state index contributed by atoms with van der Waals surface area (Å²) in [4.78, 5) is 17.9. The quantitative estimate of drug-likeness (QED) is 0.915. The van der Waals surface area contributed by atoms with E-state index in [1.54, 1.807) is 7.11 Å². The van der Waals surface area contributed by atoms with Crippen molar-refractivity contribution in [3.63, 3.8) is 0 Å². The molecule has 0 radical (unpaired) electrons. The summed E-state index contributed by atoms with van der Waals surface area (Å²) < 4.78 is 5.21. The maximum atomic E-state index is 11.0. The van der Waals surface area contributed by atoms with Crippen molar-refractivity contribution in [3.05, 3.63) is 40.9 Å². The zero-order chi connectivity index (χ0) is 16.2. The Labute approximate surface area is 140 Å². The van der Waals surface area contributed by atoms with Crippen molar-refractivity contribution >= 4 is 22.4 Å². The molecule has 1 saturated heterocycles. The number of hydrogen-bond acceptors (Lipinski definition) is 5. The van der Waals surface area contributed by atoms with E-state index in [1.165, 1.54) is 23.8 Å². The fraction of sp³-hybridized carbons (Fsp3) is 0.412. The lowest BCUT2D eigenvalue weighted by Crippen LogP contribution is -2.20. The molecule has 0 saturated carbocycles. The molecule has 1 aromatic carbocycles. The van der Waals surface area contributed by atoms with Crippen molar-refractivity contribution in [2.24, 2.45) is 0 Å². The SMILES string of the molecule is COc1ccc([C@H]2CCN(Cc3csc(NC(C)=O)n3)C2)cc1. The van der Waals surface area contributed by atoms with Crippen LogP contribution in [0.25, 0.3) is 0 Å². The summed E-state index contributed by atoms with van der Waals surface area (Å²) in [6.07, 6.45) is 1.16. The van der Waals surface area contributed by atoms with Gasteiger partial charge < -0.3 is 10.1 Å². The number of nitrogens with one attached hydrogen (secondary N) is 1. The van der Waals surface area contributed by atoms with Gasteiger partial charge in [0.15, 0.2) is 5.13 Å². The maximum absolute atomic E-state index is 11.0. The number of ether oxygens (including phenoxy) is 1. The molecule has 1 aliphatic heterocycles. The number of methoxy groups -OCH3 is 1. The van der Waals surface area contributed by atoms with Crippen LogP contribution in [0, 0.1) is 0 Å². The number of hydrogen-bond donors (Lipinski definition) is 1. The summed E-state index contributed by atoms with van der Waals surface area (Å²) in [5.74, 6) is 1.39. The van der Waals surface area contributed by atoms with Crippen molar-refractivity contribution in [2.75, 3.05) is 25.5 Å². The Kier molecular flexibility index (Phi) is 4.93. The third kappa shape index (κ3) is 4.09. The van der Waals surface area contributed by atoms with Crippen LogP contribution in [0.4, 0.5) is 5.13 Å². The average Bonchev–Trinajstić information content (AvgIpc) is 3.17. The highest BCUT2D eigenvalue weighted by Gasteiger charge is 2.24. The number of likely N-dealkylation sites (tertiary alicyclic amines) is 1. The molecule has 6 heteroatoms. The molecule has 2 aromatic rings. The standard InChI is InChI=1S/C17H21N3O2S/c1-12(21)18-17-19-15(11-23-17)10-20-8-7-14(9-20)13-3-5-16(22-2)6-4-13/h3-6,11,14H,7-10H2,1-2H3,(H,18,19,21)/t14-/m0/s1. The first-order valence-corrected chi connectivity index (χ1v) is 8.60. The molecule has 1 N–H and O–H groups in total. The predicted molar refractivity (Wildman–Crippen MR) is 92.0 cm³/mol. The smallest absolute Gasteiger partial charge is 0.223 e. The molecule has 3 rings (SSSR count). The van der Waals surface area contributed by atoms with Gasteiger partial charge >= 0.3 is 0 Å². The van der Waals surface area contributed by atoms with Crippen LogP contribution in [-0.4, -0.2) is 36.0 Å². The van der Waals surface area contributed by atoms with Crippen LogP contribution in [0.5, 0.6) is 5.75 Å². The Hall–Kier alpha value is -1.92. The van der Waals surface area contributed by atoms with Crippen LogP contribution < -0.4 is 10.1 Å². The van der Waals surface area contributed by atoms with Gasteiger partial charge in [0.2, 0.25) is 5.91 Å². The highest BCUT2D eigenvalue weighted by molar-refractivity contribution is 7.13. The van der Waals surface area contributed by atoms with E-state index in [-0.39, 0.29) is 5.91 Å². The molecule has 1 fully saturated rings. The number of thiazole rings is 1. The number of carbonyl (C=O) groups is 1. The van der Waals surface area contributed by atoms with Crippen LogP contribution >= 0.6 is 11.3 Å². The fourth-order valence-electron chi connectivity index (χ4n) is 2.94. The van der Waals surface area contributed by atoms with Crippen molar-refractivity contribution in [2.45, 2.75) is 25.8 Å². The van der Waals surface area contributed by atoms with E-state index in [2.05, 4.69) is 27.3 Å². The van der Waals surface area contributed by atoms with Gasteiger partial charge in [0.1, 0.15) is 5.75 Å². The second-order valence-corrected chi connectivity index (χ2v) is 6.68. The Morgan fingerprint density at radius 1 is 1.43 bits per heavy atom. The summed E-state index contributed by atoms with van der Waals surface area (Å²) in [6.45, 7) is 4.45. The predicted octanol–water partition coefficient (Wildman–Crippen LogP) is 3.10. The van der Waals surface area contributed by atoms with Crippen LogP contribution in [0.1, 0.15) is 30.5 Å². The summed E-state index contributed by atoms with van der Waals surface area (Å²) >= 11 is 1.48. The Balaban J connectivity index is 1.56. The average molecular weight is 331 g/mol. The van der Waals surface area contributed by atoms with Crippen molar-refractivity contribution in [3.8, 4) is 5.75 Å². The molecule has 0 aliphatic carbocycles. The monoisotopic (exact) mass is 331 g/mol. The maximum Gasteiger partial charge on any atom is 0.223 e. The van der Waals surface area contributed by atoms with E-state index in [0.717, 1.165) is 37.5 Å². The zero-order valence-electron chi connectivity index (χ0n) is 13.4. The molecule has 0 bridgehead atoms. The summed E-state index contributed by atoms with van der Waals surface area (Å²) in [6, 6.07) is 8.37. The lowest BCUT2D eigenvalue weighted by Gasteiger charge is -2.15. The van der Waals surface area contributed by atoms with E-state index in [9.17, 15) is 4.79 Å². The normalized spacial score (nSPS) is 18.1. The largest absolute Gasteiger partial charge is 0.497 e. The van der Waals surface area contributed by atoms with E-state index in [0.29, 0.717) is 11.0 Å².